The summed E-state index contributed by atoms with van der Waals surface area (Å²) in [4.78, 5) is 24.7. The van der Waals surface area contributed by atoms with E-state index in [1.54, 1.807) is 6.07 Å². The fraction of sp³-hybridized carbons (Fsp3) is 0.182. The first-order chi connectivity index (χ1) is 8.06. The van der Waals surface area contributed by atoms with Gasteiger partial charge in [-0.15, -0.1) is 5.10 Å². The van der Waals surface area contributed by atoms with Gasteiger partial charge in [-0.2, -0.15) is 0 Å². The van der Waals surface area contributed by atoms with Crippen LogP contribution in [-0.4, -0.2) is 21.1 Å². The average molecular weight is 232 g/mol. The quantitative estimate of drug-likeness (QED) is 0.720. The minimum Gasteiger partial charge on any atom is -0.319 e. The van der Waals surface area contributed by atoms with Crippen LogP contribution in [0, 0.1) is 13.8 Å². The second-order valence-electron chi connectivity index (χ2n) is 3.78. The van der Waals surface area contributed by atoms with Gasteiger partial charge in [-0.25, -0.2) is 9.89 Å². The fourth-order valence-corrected chi connectivity index (χ4v) is 1.39. The highest BCUT2D eigenvalue weighted by atomic mass is 16.2. The Kier molecular flexibility index (Phi) is 2.78. The first-order valence-corrected chi connectivity index (χ1v) is 5.09. The van der Waals surface area contributed by atoms with Crippen molar-refractivity contribution in [1.29, 1.82) is 0 Å². The monoisotopic (exact) mass is 232 g/mol. The fourth-order valence-electron chi connectivity index (χ4n) is 1.39. The van der Waals surface area contributed by atoms with Crippen LogP contribution in [-0.2, 0) is 0 Å². The molecule has 1 amide bonds. The molecule has 0 spiro atoms. The summed E-state index contributed by atoms with van der Waals surface area (Å²) in [6.45, 7) is 3.95. The second-order valence-corrected chi connectivity index (χ2v) is 3.78. The number of hydrogen-bond acceptors (Lipinski definition) is 3. The van der Waals surface area contributed by atoms with Crippen molar-refractivity contribution < 1.29 is 4.79 Å². The van der Waals surface area contributed by atoms with Crippen molar-refractivity contribution in [1.82, 2.24) is 15.2 Å². The minimum absolute atomic E-state index is 0.0340. The van der Waals surface area contributed by atoms with E-state index in [-0.39, 0.29) is 5.82 Å². The zero-order chi connectivity index (χ0) is 12.4. The highest BCUT2D eigenvalue weighted by molar-refractivity contribution is 6.01. The van der Waals surface area contributed by atoms with Crippen molar-refractivity contribution in [3.05, 3.63) is 45.6 Å². The number of nitrogens with one attached hydrogen (secondary N) is 3. The number of nitrogens with zero attached hydrogens (tertiary/aromatic N) is 1. The third-order valence-corrected chi connectivity index (χ3v) is 2.48. The standard InChI is InChI=1S/C11H12N4O2/c1-6-3-4-8(5-7(6)2)12-10(16)9-13-11(17)15-14-9/h3-5H,1-2H3,(H,12,16)(H2,13,14,15,17). The highest BCUT2D eigenvalue weighted by Crippen LogP contribution is 2.14. The van der Waals surface area contributed by atoms with Gasteiger partial charge in [-0.1, -0.05) is 6.07 Å². The Morgan fingerprint density at radius 2 is 2.06 bits per heavy atom. The Balaban J connectivity index is 2.18. The number of carbonyl (C=O) groups is 1. The molecule has 0 atom stereocenters. The summed E-state index contributed by atoms with van der Waals surface area (Å²) in [5.41, 5.74) is 2.40. The number of aromatic nitrogens is 3. The number of amides is 1. The van der Waals surface area contributed by atoms with Crippen LogP contribution in [0.25, 0.3) is 0 Å². The van der Waals surface area contributed by atoms with Crippen molar-refractivity contribution in [2.45, 2.75) is 13.8 Å². The molecule has 6 heteroatoms. The molecule has 17 heavy (non-hydrogen) atoms. The van der Waals surface area contributed by atoms with E-state index >= 15 is 0 Å². The molecule has 0 aliphatic carbocycles. The largest absolute Gasteiger partial charge is 0.341 e. The van der Waals surface area contributed by atoms with Crippen molar-refractivity contribution in [3.63, 3.8) is 0 Å². The van der Waals surface area contributed by atoms with Crippen molar-refractivity contribution in [2.24, 2.45) is 0 Å². The number of hydrogen-bond donors (Lipinski definition) is 3. The summed E-state index contributed by atoms with van der Waals surface area (Å²) < 4.78 is 0. The maximum absolute atomic E-state index is 11.7. The van der Waals surface area contributed by atoms with E-state index in [1.165, 1.54) is 0 Å². The summed E-state index contributed by atoms with van der Waals surface area (Å²) >= 11 is 0. The Morgan fingerprint density at radius 3 is 2.65 bits per heavy atom. The maximum Gasteiger partial charge on any atom is 0.341 e. The van der Waals surface area contributed by atoms with E-state index in [0.29, 0.717) is 5.69 Å². The van der Waals surface area contributed by atoms with Gasteiger partial charge in [0.15, 0.2) is 0 Å². The van der Waals surface area contributed by atoms with Crippen LogP contribution in [0.2, 0.25) is 0 Å². The Labute approximate surface area is 97.1 Å². The van der Waals surface area contributed by atoms with Gasteiger partial charge in [0.05, 0.1) is 0 Å². The predicted molar refractivity (Wildman–Crippen MR) is 63.1 cm³/mol. The molecule has 2 aromatic rings. The van der Waals surface area contributed by atoms with Gasteiger partial charge in [0.2, 0.25) is 5.82 Å². The van der Waals surface area contributed by atoms with Gasteiger partial charge >= 0.3 is 5.69 Å². The SMILES string of the molecule is Cc1ccc(NC(=O)c2n[nH]c(=O)[nH]2)cc1C. The van der Waals surface area contributed by atoms with Gasteiger partial charge in [0.25, 0.3) is 5.91 Å². The molecule has 1 aromatic heterocycles. The van der Waals surface area contributed by atoms with Crippen LogP contribution < -0.4 is 11.0 Å². The van der Waals surface area contributed by atoms with E-state index in [1.807, 2.05) is 26.0 Å². The first-order valence-electron chi connectivity index (χ1n) is 5.09. The lowest BCUT2D eigenvalue weighted by Gasteiger charge is -2.05. The molecule has 0 bridgehead atoms. The molecule has 0 radical (unpaired) electrons. The Bertz CT molecular complexity index is 612. The predicted octanol–water partition coefficient (Wildman–Crippen LogP) is 0.967. The van der Waals surface area contributed by atoms with E-state index < -0.39 is 11.6 Å². The number of aryl methyl sites for hydroxylation is 2. The molecule has 88 valence electrons. The van der Waals surface area contributed by atoms with Crippen molar-refractivity contribution in [3.8, 4) is 0 Å². The zero-order valence-corrected chi connectivity index (χ0v) is 9.50. The molecule has 6 nitrogen and oxygen atoms in total. The van der Waals surface area contributed by atoms with E-state index in [2.05, 4.69) is 20.5 Å². The minimum atomic E-state index is -0.504. The molecular formula is C11H12N4O2. The zero-order valence-electron chi connectivity index (χ0n) is 9.50. The van der Waals surface area contributed by atoms with Crippen LogP contribution in [0.5, 0.6) is 0 Å². The number of anilines is 1. The third kappa shape index (κ3) is 2.41. The normalized spacial score (nSPS) is 10.2. The average Bonchev–Trinajstić information content (AvgIpc) is 2.70. The third-order valence-electron chi connectivity index (χ3n) is 2.48. The van der Waals surface area contributed by atoms with Crippen molar-refractivity contribution >= 4 is 11.6 Å². The number of H-pyrrole nitrogens is 2. The van der Waals surface area contributed by atoms with Crippen molar-refractivity contribution in [2.75, 3.05) is 5.32 Å². The van der Waals surface area contributed by atoms with Gasteiger partial charge in [0.1, 0.15) is 0 Å². The molecule has 1 heterocycles. The first kappa shape index (κ1) is 11.1. The van der Waals surface area contributed by atoms with Crippen LogP contribution in [0.1, 0.15) is 21.7 Å². The second kappa shape index (κ2) is 4.25. The molecule has 2 rings (SSSR count). The molecule has 0 aliphatic rings. The van der Waals surface area contributed by atoms with E-state index in [9.17, 15) is 9.59 Å². The molecule has 3 N–H and O–H groups in total. The van der Waals surface area contributed by atoms with Crippen LogP contribution in [0.15, 0.2) is 23.0 Å². The molecule has 0 saturated heterocycles. The van der Waals surface area contributed by atoms with Gasteiger partial charge in [-0.05, 0) is 37.1 Å². The van der Waals surface area contributed by atoms with Crippen LogP contribution >= 0.6 is 0 Å². The summed E-state index contributed by atoms with van der Waals surface area (Å²) in [7, 11) is 0. The molecular weight excluding hydrogens is 220 g/mol. The van der Waals surface area contributed by atoms with Gasteiger partial charge in [-0.3, -0.25) is 9.78 Å². The van der Waals surface area contributed by atoms with Crippen LogP contribution in [0.3, 0.4) is 0 Å². The lowest BCUT2D eigenvalue weighted by Crippen LogP contribution is -2.15. The number of rotatable bonds is 2. The lowest BCUT2D eigenvalue weighted by molar-refractivity contribution is 0.101. The Morgan fingerprint density at radius 1 is 1.29 bits per heavy atom. The lowest BCUT2D eigenvalue weighted by atomic mass is 10.1. The summed E-state index contributed by atoms with van der Waals surface area (Å²) in [5, 5.41) is 8.33. The highest BCUT2D eigenvalue weighted by Gasteiger charge is 2.10. The molecule has 0 unspecified atom stereocenters. The smallest absolute Gasteiger partial charge is 0.319 e. The van der Waals surface area contributed by atoms with Gasteiger partial charge < -0.3 is 5.32 Å². The number of benzene rings is 1. The van der Waals surface area contributed by atoms with Gasteiger partial charge in [0, 0.05) is 5.69 Å². The summed E-state index contributed by atoms with van der Waals surface area (Å²) in [6, 6.07) is 5.57. The number of carbonyl (C=O) groups excluding carboxylic acids is 1. The summed E-state index contributed by atoms with van der Waals surface area (Å²) in [6.07, 6.45) is 0. The van der Waals surface area contributed by atoms with E-state index in [4.69, 9.17) is 0 Å². The maximum atomic E-state index is 11.7. The topological polar surface area (TPSA) is 90.6 Å². The van der Waals surface area contributed by atoms with Crippen LogP contribution in [0.4, 0.5) is 5.69 Å². The molecule has 0 aliphatic heterocycles. The van der Waals surface area contributed by atoms with E-state index in [0.717, 1.165) is 11.1 Å². The number of aromatic amines is 2. The molecule has 1 aromatic carbocycles. The molecule has 0 saturated carbocycles. The molecule has 0 fully saturated rings. The summed E-state index contributed by atoms with van der Waals surface area (Å²) in [5.74, 6) is -0.486. The Hall–Kier alpha value is -2.37.